The number of hydrogen-bond donors (Lipinski definition) is 2. The van der Waals surface area contributed by atoms with Gasteiger partial charge in [0.2, 0.25) is 5.95 Å². The molecule has 4 rings (SSSR count). The van der Waals surface area contributed by atoms with Crippen LogP contribution in [0.2, 0.25) is 0 Å². The molecule has 2 heterocycles. The SMILES string of the molecule is CN(C)c1nc(NC2CCC(CNC(=O)c3cc([N+](=O)[O-])ccn3)CC2)nc2ccccc12. The monoisotopic (exact) mass is 449 g/mol. The van der Waals surface area contributed by atoms with Crippen LogP contribution in [0.1, 0.15) is 36.2 Å². The van der Waals surface area contributed by atoms with E-state index in [1.165, 1.54) is 18.3 Å². The van der Waals surface area contributed by atoms with Crippen LogP contribution in [0, 0.1) is 16.0 Å². The summed E-state index contributed by atoms with van der Waals surface area (Å²) in [6.07, 6.45) is 5.08. The van der Waals surface area contributed by atoms with Gasteiger partial charge >= 0.3 is 0 Å². The molecule has 0 radical (unpaired) electrons. The molecule has 1 fully saturated rings. The predicted molar refractivity (Wildman–Crippen MR) is 126 cm³/mol. The Labute approximate surface area is 191 Å². The first-order valence-corrected chi connectivity index (χ1v) is 11.0. The number of fused-ring (bicyclic) bond motifs is 1. The van der Waals surface area contributed by atoms with E-state index < -0.39 is 4.92 Å². The fourth-order valence-corrected chi connectivity index (χ4v) is 4.14. The second kappa shape index (κ2) is 9.76. The number of nitrogens with one attached hydrogen (secondary N) is 2. The van der Waals surface area contributed by atoms with E-state index in [9.17, 15) is 14.9 Å². The van der Waals surface area contributed by atoms with Crippen LogP contribution in [0.15, 0.2) is 42.6 Å². The third-order valence-electron chi connectivity index (χ3n) is 5.92. The van der Waals surface area contributed by atoms with Gasteiger partial charge in [0.1, 0.15) is 11.5 Å². The van der Waals surface area contributed by atoms with Gasteiger partial charge in [-0.1, -0.05) is 12.1 Å². The first kappa shape index (κ1) is 22.4. The Morgan fingerprint density at radius 1 is 1.15 bits per heavy atom. The van der Waals surface area contributed by atoms with E-state index in [0.29, 0.717) is 18.4 Å². The van der Waals surface area contributed by atoms with Gasteiger partial charge in [0.25, 0.3) is 11.6 Å². The number of rotatable bonds is 7. The maximum absolute atomic E-state index is 12.3. The van der Waals surface area contributed by atoms with Crippen LogP contribution in [0.3, 0.4) is 0 Å². The zero-order valence-electron chi connectivity index (χ0n) is 18.7. The molecule has 1 saturated carbocycles. The average molecular weight is 450 g/mol. The van der Waals surface area contributed by atoms with Gasteiger partial charge in [0, 0.05) is 50.4 Å². The second-order valence-electron chi connectivity index (χ2n) is 8.51. The van der Waals surface area contributed by atoms with Crippen molar-refractivity contribution in [1.29, 1.82) is 0 Å². The molecule has 0 bridgehead atoms. The Bertz CT molecular complexity index is 1160. The van der Waals surface area contributed by atoms with E-state index in [2.05, 4.69) is 20.6 Å². The van der Waals surface area contributed by atoms with Crippen LogP contribution in [0.5, 0.6) is 0 Å². The minimum Gasteiger partial charge on any atom is -0.362 e. The third-order valence-corrected chi connectivity index (χ3v) is 5.92. The highest BCUT2D eigenvalue weighted by molar-refractivity contribution is 5.92. The summed E-state index contributed by atoms with van der Waals surface area (Å²) in [7, 11) is 3.95. The van der Waals surface area contributed by atoms with Crippen molar-refractivity contribution in [3.8, 4) is 0 Å². The molecule has 33 heavy (non-hydrogen) atoms. The summed E-state index contributed by atoms with van der Waals surface area (Å²) in [4.78, 5) is 38.0. The Morgan fingerprint density at radius 2 is 1.91 bits per heavy atom. The van der Waals surface area contributed by atoms with Crippen molar-refractivity contribution >= 4 is 34.3 Å². The molecule has 0 saturated heterocycles. The number of carbonyl (C=O) groups excluding carboxylic acids is 1. The second-order valence-corrected chi connectivity index (χ2v) is 8.51. The van der Waals surface area contributed by atoms with Crippen molar-refractivity contribution in [3.05, 3.63) is 58.4 Å². The molecule has 1 amide bonds. The first-order valence-electron chi connectivity index (χ1n) is 11.0. The Morgan fingerprint density at radius 3 is 2.64 bits per heavy atom. The van der Waals surface area contributed by atoms with Gasteiger partial charge < -0.3 is 15.5 Å². The summed E-state index contributed by atoms with van der Waals surface area (Å²) in [6, 6.07) is 10.7. The summed E-state index contributed by atoms with van der Waals surface area (Å²) in [5.74, 6) is 1.47. The molecule has 10 heteroatoms. The van der Waals surface area contributed by atoms with Crippen molar-refractivity contribution < 1.29 is 9.72 Å². The third kappa shape index (κ3) is 5.33. The maximum atomic E-state index is 12.3. The number of anilines is 2. The van der Waals surface area contributed by atoms with Gasteiger partial charge in [-0.2, -0.15) is 4.98 Å². The number of nitro groups is 1. The van der Waals surface area contributed by atoms with Crippen LogP contribution in [0.25, 0.3) is 10.9 Å². The molecule has 1 aliphatic rings. The smallest absolute Gasteiger partial charge is 0.273 e. The highest BCUT2D eigenvalue weighted by atomic mass is 16.6. The summed E-state index contributed by atoms with van der Waals surface area (Å²) < 4.78 is 0. The average Bonchev–Trinajstić information content (AvgIpc) is 2.83. The lowest BCUT2D eigenvalue weighted by atomic mass is 9.86. The van der Waals surface area contributed by atoms with Crippen LogP contribution in [0.4, 0.5) is 17.5 Å². The van der Waals surface area contributed by atoms with Crippen molar-refractivity contribution in [2.24, 2.45) is 5.92 Å². The number of benzene rings is 1. The fourth-order valence-electron chi connectivity index (χ4n) is 4.14. The summed E-state index contributed by atoms with van der Waals surface area (Å²) >= 11 is 0. The van der Waals surface area contributed by atoms with Gasteiger partial charge in [-0.15, -0.1) is 0 Å². The number of carbonyl (C=O) groups is 1. The van der Waals surface area contributed by atoms with Crippen LogP contribution < -0.4 is 15.5 Å². The minimum atomic E-state index is -0.534. The van der Waals surface area contributed by atoms with Crippen molar-refractivity contribution in [1.82, 2.24) is 20.3 Å². The molecule has 1 aromatic carbocycles. The zero-order valence-corrected chi connectivity index (χ0v) is 18.7. The van der Waals surface area contributed by atoms with Crippen molar-refractivity contribution in [2.45, 2.75) is 31.7 Å². The first-order chi connectivity index (χ1) is 15.9. The Kier molecular flexibility index (Phi) is 6.62. The van der Waals surface area contributed by atoms with Gasteiger partial charge in [0.05, 0.1) is 10.4 Å². The summed E-state index contributed by atoms with van der Waals surface area (Å²) in [5, 5.41) is 18.3. The summed E-state index contributed by atoms with van der Waals surface area (Å²) in [5.41, 5.74) is 0.824. The molecule has 2 aromatic heterocycles. The predicted octanol–water partition coefficient (Wildman–Crippen LogP) is 3.40. The van der Waals surface area contributed by atoms with E-state index in [-0.39, 0.29) is 23.3 Å². The molecule has 172 valence electrons. The maximum Gasteiger partial charge on any atom is 0.273 e. The van der Waals surface area contributed by atoms with E-state index in [1.54, 1.807) is 0 Å². The zero-order chi connectivity index (χ0) is 23.4. The number of aromatic nitrogens is 3. The largest absolute Gasteiger partial charge is 0.362 e. The van der Waals surface area contributed by atoms with Crippen molar-refractivity contribution in [2.75, 3.05) is 30.9 Å². The molecule has 1 aliphatic carbocycles. The lowest BCUT2D eigenvalue weighted by molar-refractivity contribution is -0.385. The fraction of sp³-hybridized carbons (Fsp3) is 0.391. The number of nitrogens with zero attached hydrogens (tertiary/aromatic N) is 5. The molecule has 0 spiro atoms. The Hall–Kier alpha value is -3.82. The van der Waals surface area contributed by atoms with E-state index in [4.69, 9.17) is 4.98 Å². The van der Waals surface area contributed by atoms with Crippen LogP contribution in [-0.2, 0) is 0 Å². The number of amides is 1. The van der Waals surface area contributed by atoms with Crippen molar-refractivity contribution in [3.63, 3.8) is 0 Å². The molecule has 2 N–H and O–H groups in total. The molecule has 0 aliphatic heterocycles. The van der Waals surface area contributed by atoms with Crippen LogP contribution >= 0.6 is 0 Å². The molecule has 3 aromatic rings. The summed E-state index contributed by atoms with van der Waals surface area (Å²) in [6.45, 7) is 0.521. The molecular weight excluding hydrogens is 422 g/mol. The normalized spacial score (nSPS) is 18.0. The number of para-hydroxylation sites is 1. The van der Waals surface area contributed by atoms with E-state index in [1.807, 2.05) is 43.3 Å². The van der Waals surface area contributed by atoms with E-state index in [0.717, 1.165) is 42.4 Å². The molecule has 0 atom stereocenters. The van der Waals surface area contributed by atoms with Gasteiger partial charge in [-0.05, 0) is 43.7 Å². The number of hydrogen-bond acceptors (Lipinski definition) is 8. The highest BCUT2D eigenvalue weighted by Crippen LogP contribution is 2.28. The topological polar surface area (TPSA) is 126 Å². The Balaban J connectivity index is 1.31. The van der Waals surface area contributed by atoms with Crippen LogP contribution in [-0.4, -0.2) is 52.5 Å². The van der Waals surface area contributed by atoms with E-state index >= 15 is 0 Å². The molecule has 0 unspecified atom stereocenters. The van der Waals surface area contributed by atoms with Gasteiger partial charge in [-0.25, -0.2) is 4.98 Å². The lowest BCUT2D eigenvalue weighted by Gasteiger charge is -2.29. The lowest BCUT2D eigenvalue weighted by Crippen LogP contribution is -2.34. The minimum absolute atomic E-state index is 0.0599. The van der Waals surface area contributed by atoms with Gasteiger partial charge in [-0.3, -0.25) is 19.9 Å². The standard InChI is InChI=1S/C23H27N7O3/c1-29(2)21-18-5-3-4-6-19(18)27-23(28-21)26-16-9-7-15(8-10-16)14-25-22(31)20-13-17(30(32)33)11-12-24-20/h3-6,11-13,15-16H,7-10,14H2,1-2H3,(H,25,31)(H,26,27,28). The molecular formula is C23H27N7O3. The molecule has 10 nitrogen and oxygen atoms in total. The highest BCUT2D eigenvalue weighted by Gasteiger charge is 2.23. The quantitative estimate of drug-likeness (QED) is 0.415. The number of pyridine rings is 1. The van der Waals surface area contributed by atoms with Gasteiger partial charge in [0.15, 0.2) is 0 Å².